The van der Waals surface area contributed by atoms with Crippen LogP contribution in [-0.2, 0) is 10.0 Å². The van der Waals surface area contributed by atoms with Crippen LogP contribution in [0.15, 0.2) is 10.3 Å². The maximum absolute atomic E-state index is 12.5. The van der Waals surface area contributed by atoms with Crippen LogP contribution in [0.4, 0.5) is 0 Å². The van der Waals surface area contributed by atoms with Gasteiger partial charge in [0.25, 0.3) is 0 Å². The molecule has 2 rings (SSSR count). The van der Waals surface area contributed by atoms with Crippen LogP contribution in [0.1, 0.15) is 54.3 Å². The number of hydrogen-bond donors (Lipinski definition) is 2. The van der Waals surface area contributed by atoms with Crippen molar-refractivity contribution in [1.29, 1.82) is 0 Å². The Hall–Kier alpha value is -0.920. The van der Waals surface area contributed by atoms with Crippen LogP contribution in [0.2, 0.25) is 0 Å². The Morgan fingerprint density at radius 1 is 1.38 bits per heavy atom. The SMILES string of the molecule is Cc1csc(C(=O)O)c1S(=O)(=O)N[C@H](C)C1CCCCC1. The van der Waals surface area contributed by atoms with Crippen molar-refractivity contribution < 1.29 is 18.3 Å². The summed E-state index contributed by atoms with van der Waals surface area (Å²) in [5.74, 6) is -0.862. The van der Waals surface area contributed by atoms with E-state index in [9.17, 15) is 13.2 Å². The van der Waals surface area contributed by atoms with Gasteiger partial charge in [0.1, 0.15) is 9.77 Å². The fourth-order valence-corrected chi connectivity index (χ4v) is 5.89. The smallest absolute Gasteiger partial charge is 0.347 e. The molecule has 0 radical (unpaired) electrons. The standard InChI is InChI=1S/C14H21NO4S2/c1-9-8-20-12(14(16)17)13(9)21(18,19)15-10(2)11-6-4-3-5-7-11/h8,10-11,15H,3-7H2,1-2H3,(H,16,17)/t10-/m1/s1. The van der Waals surface area contributed by atoms with E-state index in [0.717, 1.165) is 37.0 Å². The Morgan fingerprint density at radius 2 is 2.00 bits per heavy atom. The Morgan fingerprint density at radius 3 is 2.57 bits per heavy atom. The van der Waals surface area contributed by atoms with E-state index in [4.69, 9.17) is 5.11 Å². The summed E-state index contributed by atoms with van der Waals surface area (Å²) < 4.78 is 27.7. The van der Waals surface area contributed by atoms with Gasteiger partial charge in [0.15, 0.2) is 0 Å². The van der Waals surface area contributed by atoms with Gasteiger partial charge in [-0.2, -0.15) is 0 Å². The largest absolute Gasteiger partial charge is 0.477 e. The van der Waals surface area contributed by atoms with Crippen molar-refractivity contribution in [2.75, 3.05) is 0 Å². The number of aromatic carboxylic acids is 1. The van der Waals surface area contributed by atoms with E-state index in [1.165, 1.54) is 6.42 Å². The quantitative estimate of drug-likeness (QED) is 0.869. The van der Waals surface area contributed by atoms with Gasteiger partial charge in [-0.1, -0.05) is 19.3 Å². The lowest BCUT2D eigenvalue weighted by molar-refractivity contribution is 0.0698. The molecule has 1 aromatic heterocycles. The molecule has 0 unspecified atom stereocenters. The summed E-state index contributed by atoms with van der Waals surface area (Å²) in [5.41, 5.74) is 0.487. The molecule has 21 heavy (non-hydrogen) atoms. The van der Waals surface area contributed by atoms with Gasteiger partial charge in [0.2, 0.25) is 10.0 Å². The third-order valence-corrected chi connectivity index (χ3v) is 7.04. The second-order valence-electron chi connectivity index (χ2n) is 5.69. The zero-order valence-corrected chi connectivity index (χ0v) is 13.9. The molecule has 7 heteroatoms. The van der Waals surface area contributed by atoms with Crippen molar-refractivity contribution in [1.82, 2.24) is 4.72 Å². The fourth-order valence-electron chi connectivity index (χ4n) is 2.95. The van der Waals surface area contributed by atoms with Gasteiger partial charge in [0, 0.05) is 6.04 Å². The predicted octanol–water partition coefficient (Wildman–Crippen LogP) is 3.00. The Balaban J connectivity index is 2.22. The van der Waals surface area contributed by atoms with Gasteiger partial charge in [-0.3, -0.25) is 0 Å². The lowest BCUT2D eigenvalue weighted by atomic mass is 9.85. The van der Waals surface area contributed by atoms with Crippen molar-refractivity contribution in [2.45, 2.75) is 56.9 Å². The summed E-state index contributed by atoms with van der Waals surface area (Å²) in [6, 6.07) is -0.170. The zero-order chi connectivity index (χ0) is 15.6. The molecule has 0 amide bonds. The first-order valence-corrected chi connectivity index (χ1v) is 9.53. The van der Waals surface area contributed by atoms with Gasteiger partial charge in [0.05, 0.1) is 0 Å². The number of nitrogens with one attached hydrogen (secondary N) is 1. The minimum absolute atomic E-state index is 0.0809. The fraction of sp³-hybridized carbons (Fsp3) is 0.643. The van der Waals surface area contributed by atoms with Crippen molar-refractivity contribution in [3.05, 3.63) is 15.8 Å². The number of aryl methyl sites for hydroxylation is 1. The maximum Gasteiger partial charge on any atom is 0.347 e. The van der Waals surface area contributed by atoms with Crippen molar-refractivity contribution >= 4 is 27.3 Å². The van der Waals surface area contributed by atoms with Crippen LogP contribution in [0.5, 0.6) is 0 Å². The molecule has 1 saturated carbocycles. The highest BCUT2D eigenvalue weighted by Crippen LogP contribution is 2.30. The molecule has 2 N–H and O–H groups in total. The minimum atomic E-state index is -3.79. The normalized spacial score (nSPS) is 18.6. The molecule has 5 nitrogen and oxygen atoms in total. The van der Waals surface area contributed by atoms with Gasteiger partial charge in [-0.05, 0) is 43.6 Å². The molecule has 0 saturated heterocycles. The van der Waals surface area contributed by atoms with Crippen LogP contribution in [0, 0.1) is 12.8 Å². The zero-order valence-electron chi connectivity index (χ0n) is 12.3. The summed E-state index contributed by atoms with van der Waals surface area (Å²) in [7, 11) is -3.79. The molecule has 1 aliphatic rings. The lowest BCUT2D eigenvalue weighted by Gasteiger charge is -2.28. The lowest BCUT2D eigenvalue weighted by Crippen LogP contribution is -2.39. The van der Waals surface area contributed by atoms with E-state index in [2.05, 4.69) is 4.72 Å². The number of carbonyl (C=O) groups is 1. The van der Waals surface area contributed by atoms with Crippen molar-refractivity contribution in [3.8, 4) is 0 Å². The first-order chi connectivity index (χ1) is 9.83. The summed E-state index contributed by atoms with van der Waals surface area (Å²) in [6.45, 7) is 3.50. The molecule has 1 heterocycles. The molecule has 0 aliphatic heterocycles. The summed E-state index contributed by atoms with van der Waals surface area (Å²) in [5, 5.41) is 10.7. The maximum atomic E-state index is 12.5. The molecular formula is C14H21NO4S2. The molecule has 118 valence electrons. The monoisotopic (exact) mass is 331 g/mol. The molecular weight excluding hydrogens is 310 g/mol. The van der Waals surface area contributed by atoms with E-state index < -0.39 is 16.0 Å². The third kappa shape index (κ3) is 3.64. The van der Waals surface area contributed by atoms with E-state index in [1.54, 1.807) is 12.3 Å². The second kappa shape index (κ2) is 6.46. The molecule has 0 aromatic carbocycles. The van der Waals surface area contributed by atoms with Crippen LogP contribution in [0.3, 0.4) is 0 Å². The van der Waals surface area contributed by atoms with E-state index in [-0.39, 0.29) is 15.8 Å². The number of sulfonamides is 1. The Bertz CT molecular complexity index is 615. The van der Waals surface area contributed by atoms with E-state index in [0.29, 0.717) is 11.5 Å². The van der Waals surface area contributed by atoms with Gasteiger partial charge in [-0.15, -0.1) is 11.3 Å². The number of hydrogen-bond acceptors (Lipinski definition) is 4. The summed E-state index contributed by atoms with van der Waals surface area (Å²) in [4.78, 5) is 11.0. The average molecular weight is 331 g/mol. The first-order valence-electron chi connectivity index (χ1n) is 7.16. The summed E-state index contributed by atoms with van der Waals surface area (Å²) >= 11 is 0.955. The summed E-state index contributed by atoms with van der Waals surface area (Å²) in [6.07, 6.45) is 5.53. The highest BCUT2D eigenvalue weighted by atomic mass is 32.2. The van der Waals surface area contributed by atoms with E-state index >= 15 is 0 Å². The van der Waals surface area contributed by atoms with Crippen molar-refractivity contribution in [3.63, 3.8) is 0 Å². The molecule has 1 aromatic rings. The van der Waals surface area contributed by atoms with Crippen molar-refractivity contribution in [2.24, 2.45) is 5.92 Å². The van der Waals surface area contributed by atoms with E-state index in [1.807, 2.05) is 6.92 Å². The molecule has 0 spiro atoms. The average Bonchev–Trinajstić information content (AvgIpc) is 2.82. The topological polar surface area (TPSA) is 83.5 Å². The highest BCUT2D eigenvalue weighted by molar-refractivity contribution is 7.89. The van der Waals surface area contributed by atoms with Gasteiger partial charge < -0.3 is 5.11 Å². The number of carboxylic acid groups (broad SMARTS) is 1. The number of rotatable bonds is 5. The van der Waals surface area contributed by atoms with Crippen LogP contribution in [0.25, 0.3) is 0 Å². The molecule has 0 bridgehead atoms. The molecule has 1 fully saturated rings. The Labute approximate surface area is 129 Å². The predicted molar refractivity (Wildman–Crippen MR) is 82.4 cm³/mol. The minimum Gasteiger partial charge on any atom is -0.477 e. The highest BCUT2D eigenvalue weighted by Gasteiger charge is 2.30. The number of thiophene rings is 1. The molecule has 1 atom stereocenters. The third-order valence-electron chi connectivity index (χ3n) is 4.08. The first kappa shape index (κ1) is 16.5. The number of carboxylic acids is 1. The van der Waals surface area contributed by atoms with Crippen LogP contribution >= 0.6 is 11.3 Å². The second-order valence-corrected chi connectivity index (χ2v) is 8.22. The van der Waals surface area contributed by atoms with Gasteiger partial charge >= 0.3 is 5.97 Å². The van der Waals surface area contributed by atoms with Crippen LogP contribution in [-0.4, -0.2) is 25.5 Å². The van der Waals surface area contributed by atoms with Gasteiger partial charge in [-0.25, -0.2) is 17.9 Å². The Kier molecular flexibility index (Phi) is 5.06. The van der Waals surface area contributed by atoms with Crippen LogP contribution < -0.4 is 4.72 Å². The molecule has 1 aliphatic carbocycles.